The fourth-order valence-corrected chi connectivity index (χ4v) is 4.26. The van der Waals surface area contributed by atoms with E-state index in [0.29, 0.717) is 41.9 Å². The van der Waals surface area contributed by atoms with E-state index in [1.54, 1.807) is 23.7 Å². The van der Waals surface area contributed by atoms with Crippen LogP contribution < -0.4 is 9.47 Å². The minimum Gasteiger partial charge on any atom is -0.454 e. The van der Waals surface area contributed by atoms with Crippen molar-refractivity contribution in [3.05, 3.63) is 40.9 Å². The number of nitrogens with zero attached hydrogens (tertiary/aromatic N) is 4. The predicted octanol–water partition coefficient (Wildman–Crippen LogP) is 3.25. The number of fused-ring (bicyclic) bond motifs is 1. The van der Waals surface area contributed by atoms with Crippen molar-refractivity contribution < 1.29 is 18.7 Å². The average molecular weight is 398 g/mol. The summed E-state index contributed by atoms with van der Waals surface area (Å²) in [6.07, 6.45) is 1.58. The number of hydrogen-bond acceptors (Lipinski definition) is 8. The van der Waals surface area contributed by atoms with E-state index < -0.39 is 0 Å². The van der Waals surface area contributed by atoms with Crippen LogP contribution in [-0.2, 0) is 0 Å². The topological polar surface area (TPSA) is 90.6 Å². The summed E-state index contributed by atoms with van der Waals surface area (Å²) in [5.74, 6) is 2.63. The van der Waals surface area contributed by atoms with E-state index in [1.807, 2.05) is 11.8 Å². The molecule has 0 spiro atoms. The molecule has 28 heavy (non-hydrogen) atoms. The molecule has 9 heteroatoms. The molecular formula is C19H18N4O4S. The van der Waals surface area contributed by atoms with Gasteiger partial charge in [0.15, 0.2) is 11.5 Å². The highest BCUT2D eigenvalue weighted by Gasteiger charge is 2.29. The predicted molar refractivity (Wildman–Crippen MR) is 101 cm³/mol. The van der Waals surface area contributed by atoms with Crippen molar-refractivity contribution in [3.8, 4) is 22.3 Å². The Morgan fingerprint density at radius 1 is 1.18 bits per heavy atom. The van der Waals surface area contributed by atoms with Crippen molar-refractivity contribution in [2.24, 2.45) is 0 Å². The molecule has 0 unspecified atom stereocenters. The van der Waals surface area contributed by atoms with Crippen LogP contribution in [0.3, 0.4) is 0 Å². The third-order valence-corrected chi connectivity index (χ3v) is 6.05. The van der Waals surface area contributed by atoms with Gasteiger partial charge >= 0.3 is 0 Å². The van der Waals surface area contributed by atoms with Crippen LogP contribution >= 0.6 is 11.3 Å². The van der Waals surface area contributed by atoms with Crippen LogP contribution in [0.1, 0.15) is 40.7 Å². The lowest BCUT2D eigenvalue weighted by Crippen LogP contribution is -2.38. The molecule has 4 heterocycles. The molecule has 1 amide bonds. The second-order valence-corrected chi connectivity index (χ2v) is 7.70. The highest BCUT2D eigenvalue weighted by Crippen LogP contribution is 2.34. The number of aromatic nitrogens is 3. The van der Waals surface area contributed by atoms with Gasteiger partial charge in [-0.2, -0.15) is 0 Å². The van der Waals surface area contributed by atoms with Crippen molar-refractivity contribution in [3.63, 3.8) is 0 Å². The summed E-state index contributed by atoms with van der Waals surface area (Å²) in [5, 5.41) is 8.41. The average Bonchev–Trinajstić information content (AvgIpc) is 3.47. The molecule has 1 saturated heterocycles. The largest absolute Gasteiger partial charge is 0.454 e. The molecule has 8 nitrogen and oxygen atoms in total. The number of carbonyl (C=O) groups excluding carboxylic acids is 1. The lowest BCUT2D eigenvalue weighted by molar-refractivity contribution is 0.0706. The van der Waals surface area contributed by atoms with Crippen molar-refractivity contribution in [1.29, 1.82) is 0 Å². The van der Waals surface area contributed by atoms with Gasteiger partial charge in [-0.1, -0.05) is 0 Å². The van der Waals surface area contributed by atoms with Gasteiger partial charge in [0.2, 0.25) is 12.7 Å². The Hall–Kier alpha value is -2.94. The van der Waals surface area contributed by atoms with Crippen LogP contribution in [0.15, 0.2) is 28.1 Å². The van der Waals surface area contributed by atoms with Crippen LogP contribution in [0, 0.1) is 6.92 Å². The zero-order valence-corrected chi connectivity index (χ0v) is 16.1. The van der Waals surface area contributed by atoms with E-state index in [2.05, 4.69) is 15.2 Å². The molecule has 0 radical (unpaired) electrons. The lowest BCUT2D eigenvalue weighted by atomic mass is 9.96. The number of aryl methyl sites for hydroxylation is 1. The Kier molecular flexibility index (Phi) is 4.23. The van der Waals surface area contributed by atoms with Gasteiger partial charge in [0, 0.05) is 24.6 Å². The number of likely N-dealkylation sites (tertiary alicyclic amines) is 1. The minimum atomic E-state index is 0.00301. The summed E-state index contributed by atoms with van der Waals surface area (Å²) in [4.78, 5) is 19.8. The smallest absolute Gasteiger partial charge is 0.259 e. The number of rotatable bonds is 3. The Bertz CT molecular complexity index is 1020. The highest BCUT2D eigenvalue weighted by molar-refractivity contribution is 7.13. The van der Waals surface area contributed by atoms with Gasteiger partial charge in [-0.05, 0) is 38.0 Å². The van der Waals surface area contributed by atoms with Gasteiger partial charge < -0.3 is 18.8 Å². The van der Waals surface area contributed by atoms with Crippen molar-refractivity contribution in [2.75, 3.05) is 19.9 Å². The normalized spacial score (nSPS) is 16.5. The molecule has 0 bridgehead atoms. The molecule has 1 fully saturated rings. The first kappa shape index (κ1) is 17.2. The first-order valence-electron chi connectivity index (χ1n) is 9.12. The Labute approximate surface area is 165 Å². The molecule has 2 aliphatic rings. The Balaban J connectivity index is 1.25. The van der Waals surface area contributed by atoms with Crippen LogP contribution in [0.5, 0.6) is 11.5 Å². The molecule has 3 aromatic rings. The third-order valence-electron chi connectivity index (χ3n) is 5.13. The molecule has 0 N–H and O–H groups in total. The first-order valence-corrected chi connectivity index (χ1v) is 10.00. The van der Waals surface area contributed by atoms with Gasteiger partial charge in [0.05, 0.1) is 11.2 Å². The Morgan fingerprint density at radius 3 is 2.79 bits per heavy atom. The molecule has 0 aliphatic carbocycles. The molecule has 2 aromatic heterocycles. The molecule has 0 atom stereocenters. The van der Waals surface area contributed by atoms with Gasteiger partial charge in [-0.25, -0.2) is 4.98 Å². The van der Waals surface area contributed by atoms with E-state index in [4.69, 9.17) is 13.9 Å². The fraction of sp³-hybridized carbons (Fsp3) is 0.368. The fourth-order valence-electron chi connectivity index (χ4n) is 3.54. The summed E-state index contributed by atoms with van der Waals surface area (Å²) in [6, 6.07) is 5.31. The third kappa shape index (κ3) is 3.01. The van der Waals surface area contributed by atoms with Gasteiger partial charge in [0.1, 0.15) is 4.88 Å². The summed E-state index contributed by atoms with van der Waals surface area (Å²) in [5.41, 5.74) is 3.28. The number of hydrogen-bond donors (Lipinski definition) is 0. The number of benzene rings is 1. The number of carbonyl (C=O) groups is 1. The minimum absolute atomic E-state index is 0.00301. The van der Waals surface area contributed by atoms with Gasteiger partial charge in [-0.15, -0.1) is 21.5 Å². The monoisotopic (exact) mass is 398 g/mol. The van der Waals surface area contributed by atoms with Crippen LogP contribution in [-0.4, -0.2) is 45.9 Å². The van der Waals surface area contributed by atoms with Crippen molar-refractivity contribution in [1.82, 2.24) is 20.1 Å². The zero-order chi connectivity index (χ0) is 19.1. The molecular weight excluding hydrogens is 380 g/mol. The van der Waals surface area contributed by atoms with Gasteiger partial charge in [0.25, 0.3) is 11.8 Å². The number of piperidine rings is 1. The van der Waals surface area contributed by atoms with E-state index in [1.165, 1.54) is 11.3 Å². The maximum Gasteiger partial charge on any atom is 0.259 e. The van der Waals surface area contributed by atoms with E-state index in [9.17, 15) is 4.79 Å². The van der Waals surface area contributed by atoms with Crippen LogP contribution in [0.25, 0.3) is 10.8 Å². The lowest BCUT2D eigenvalue weighted by Gasteiger charge is -2.30. The second-order valence-electron chi connectivity index (χ2n) is 6.85. The summed E-state index contributed by atoms with van der Waals surface area (Å²) >= 11 is 1.49. The highest BCUT2D eigenvalue weighted by atomic mass is 32.1. The SMILES string of the molecule is Cc1ncsc1-c1nnc(C2CCN(C(=O)c3ccc4c(c3)OCO4)CC2)o1. The quantitative estimate of drug-likeness (QED) is 0.669. The van der Waals surface area contributed by atoms with Crippen LogP contribution in [0.4, 0.5) is 0 Å². The zero-order valence-electron chi connectivity index (χ0n) is 15.3. The number of ether oxygens (including phenoxy) is 2. The number of amides is 1. The van der Waals surface area contributed by atoms with E-state index in [0.717, 1.165) is 23.4 Å². The summed E-state index contributed by atoms with van der Waals surface area (Å²) in [7, 11) is 0. The van der Waals surface area contributed by atoms with Gasteiger partial charge in [-0.3, -0.25) is 4.79 Å². The van der Waals surface area contributed by atoms with Crippen molar-refractivity contribution >= 4 is 17.2 Å². The summed E-state index contributed by atoms with van der Waals surface area (Å²) in [6.45, 7) is 3.42. The maximum absolute atomic E-state index is 12.8. The molecule has 0 saturated carbocycles. The summed E-state index contributed by atoms with van der Waals surface area (Å²) < 4.78 is 16.6. The van der Waals surface area contributed by atoms with E-state index >= 15 is 0 Å². The number of thiazole rings is 1. The second kappa shape index (κ2) is 6.90. The van der Waals surface area contributed by atoms with Crippen molar-refractivity contribution in [2.45, 2.75) is 25.7 Å². The maximum atomic E-state index is 12.8. The first-order chi connectivity index (χ1) is 13.7. The van der Waals surface area contributed by atoms with Crippen LogP contribution in [0.2, 0.25) is 0 Å². The van der Waals surface area contributed by atoms with E-state index in [-0.39, 0.29) is 18.6 Å². The molecule has 1 aromatic carbocycles. The molecule has 2 aliphatic heterocycles. The molecule has 144 valence electrons. The molecule has 5 rings (SSSR count). The standard InChI is InChI=1S/C19H18N4O4S/c1-11-16(28-9-20-11)18-22-21-17(27-18)12-4-6-23(7-5-12)19(24)13-2-3-14-15(8-13)26-10-25-14/h2-3,8-9,12H,4-7,10H2,1H3. The Morgan fingerprint density at radius 2 is 2.00 bits per heavy atom.